The topological polar surface area (TPSA) is 74.1 Å². The van der Waals surface area contributed by atoms with Crippen molar-refractivity contribution < 1.29 is 17.5 Å². The van der Waals surface area contributed by atoms with E-state index in [-0.39, 0.29) is 17.3 Å². The minimum atomic E-state index is -3.24. The summed E-state index contributed by atoms with van der Waals surface area (Å²) in [5, 5.41) is 9.22. The highest BCUT2D eigenvalue weighted by Crippen LogP contribution is 2.31. The molecule has 8 heteroatoms. The van der Waals surface area contributed by atoms with Gasteiger partial charge in [-0.15, -0.1) is 5.10 Å². The largest absolute Gasteiger partial charge is 0.470 e. The number of sulfone groups is 1. The summed E-state index contributed by atoms with van der Waals surface area (Å²) in [6.45, 7) is 4.80. The molecule has 0 aliphatic carbocycles. The van der Waals surface area contributed by atoms with Gasteiger partial charge in [-0.25, -0.2) is 12.8 Å². The Morgan fingerprint density at radius 3 is 2.29 bits per heavy atom. The maximum Gasteiger partial charge on any atom is 0.258 e. The SMILES string of the molecule is Cc1c(C)n(Cc2ccc(S(C)(=O)=O)cc2)c2c(OCc3ccc(F)cc3)nncc12. The highest BCUT2D eigenvalue weighted by Gasteiger charge is 2.18. The van der Waals surface area contributed by atoms with Crippen molar-refractivity contribution in [2.75, 3.05) is 6.26 Å². The summed E-state index contributed by atoms with van der Waals surface area (Å²) in [6, 6.07) is 13.0. The Kier molecular flexibility index (Phi) is 5.49. The Labute approximate surface area is 180 Å². The van der Waals surface area contributed by atoms with E-state index >= 15 is 0 Å². The number of hydrogen-bond donors (Lipinski definition) is 0. The summed E-state index contributed by atoms with van der Waals surface area (Å²) in [4.78, 5) is 0.288. The molecule has 0 aliphatic rings. The third-order valence-electron chi connectivity index (χ3n) is 5.40. The molecule has 160 valence electrons. The number of nitrogens with zero attached hydrogens (tertiary/aromatic N) is 3. The Bertz CT molecular complexity index is 1350. The van der Waals surface area contributed by atoms with Gasteiger partial charge in [0.05, 0.1) is 11.1 Å². The van der Waals surface area contributed by atoms with Crippen LogP contribution < -0.4 is 4.74 Å². The minimum Gasteiger partial charge on any atom is -0.470 e. The predicted molar refractivity (Wildman–Crippen MR) is 116 cm³/mol. The van der Waals surface area contributed by atoms with Gasteiger partial charge in [0.2, 0.25) is 0 Å². The number of fused-ring (bicyclic) bond motifs is 1. The van der Waals surface area contributed by atoms with Gasteiger partial charge in [0.15, 0.2) is 9.84 Å². The van der Waals surface area contributed by atoms with Crippen molar-refractivity contribution in [1.29, 1.82) is 0 Å². The molecule has 2 aromatic heterocycles. The predicted octanol–water partition coefficient (Wildman–Crippen LogP) is 4.22. The van der Waals surface area contributed by atoms with Gasteiger partial charge in [-0.3, -0.25) is 0 Å². The summed E-state index contributed by atoms with van der Waals surface area (Å²) < 4.78 is 44.7. The van der Waals surface area contributed by atoms with E-state index in [1.165, 1.54) is 18.4 Å². The van der Waals surface area contributed by atoms with Gasteiger partial charge in [-0.2, -0.15) is 5.10 Å². The molecule has 2 heterocycles. The summed E-state index contributed by atoms with van der Waals surface area (Å²) >= 11 is 0. The Hall–Kier alpha value is -3.26. The van der Waals surface area contributed by atoms with Crippen molar-refractivity contribution in [3.63, 3.8) is 0 Å². The first-order valence-corrected chi connectivity index (χ1v) is 11.6. The Morgan fingerprint density at radius 2 is 1.65 bits per heavy atom. The first-order chi connectivity index (χ1) is 14.7. The van der Waals surface area contributed by atoms with E-state index in [0.717, 1.165) is 33.3 Å². The van der Waals surface area contributed by atoms with E-state index in [2.05, 4.69) is 14.8 Å². The van der Waals surface area contributed by atoms with Gasteiger partial charge in [0.1, 0.15) is 17.9 Å². The van der Waals surface area contributed by atoms with Crippen LogP contribution in [0.15, 0.2) is 59.6 Å². The summed E-state index contributed by atoms with van der Waals surface area (Å²) in [6.07, 6.45) is 2.91. The van der Waals surface area contributed by atoms with Crippen LogP contribution in [0.3, 0.4) is 0 Å². The van der Waals surface area contributed by atoms with Gasteiger partial charge in [-0.1, -0.05) is 24.3 Å². The number of hydrogen-bond acceptors (Lipinski definition) is 5. The molecular formula is C23H22FN3O3S. The van der Waals surface area contributed by atoms with Crippen LogP contribution in [0, 0.1) is 19.7 Å². The Morgan fingerprint density at radius 1 is 1.00 bits per heavy atom. The van der Waals surface area contributed by atoms with Crippen LogP contribution >= 0.6 is 0 Å². The van der Waals surface area contributed by atoms with Gasteiger partial charge in [-0.05, 0) is 54.8 Å². The van der Waals surface area contributed by atoms with Crippen LogP contribution in [0.25, 0.3) is 10.9 Å². The molecule has 0 atom stereocenters. The molecule has 0 aliphatic heterocycles. The molecule has 4 rings (SSSR count). The monoisotopic (exact) mass is 439 g/mol. The van der Waals surface area contributed by atoms with E-state index in [9.17, 15) is 12.8 Å². The smallest absolute Gasteiger partial charge is 0.258 e. The van der Waals surface area contributed by atoms with Gasteiger partial charge in [0, 0.05) is 23.9 Å². The van der Waals surface area contributed by atoms with Crippen molar-refractivity contribution in [1.82, 2.24) is 14.8 Å². The molecule has 0 bridgehead atoms. The molecule has 2 aromatic carbocycles. The molecule has 0 N–H and O–H groups in total. The number of rotatable bonds is 6. The first-order valence-electron chi connectivity index (χ1n) is 9.71. The lowest BCUT2D eigenvalue weighted by Crippen LogP contribution is -2.06. The zero-order chi connectivity index (χ0) is 22.2. The normalized spacial score (nSPS) is 11.7. The molecular weight excluding hydrogens is 417 g/mol. The van der Waals surface area contributed by atoms with Crippen molar-refractivity contribution in [2.24, 2.45) is 0 Å². The number of halogens is 1. The first kappa shape index (κ1) is 21.0. The van der Waals surface area contributed by atoms with E-state index in [4.69, 9.17) is 4.74 Å². The Balaban J connectivity index is 1.69. The summed E-state index contributed by atoms with van der Waals surface area (Å²) in [7, 11) is -3.24. The molecule has 0 fully saturated rings. The van der Waals surface area contributed by atoms with E-state index < -0.39 is 9.84 Å². The van der Waals surface area contributed by atoms with Crippen LogP contribution in [-0.4, -0.2) is 29.4 Å². The second kappa shape index (κ2) is 8.11. The van der Waals surface area contributed by atoms with Crippen molar-refractivity contribution >= 4 is 20.7 Å². The van der Waals surface area contributed by atoms with Crippen LogP contribution in [0.1, 0.15) is 22.4 Å². The number of benzene rings is 2. The lowest BCUT2D eigenvalue weighted by molar-refractivity contribution is 0.293. The maximum atomic E-state index is 13.2. The molecule has 0 saturated carbocycles. The highest BCUT2D eigenvalue weighted by atomic mass is 32.2. The summed E-state index contributed by atoms with van der Waals surface area (Å²) in [5.41, 5.74) is 4.71. The minimum absolute atomic E-state index is 0.237. The van der Waals surface area contributed by atoms with Crippen LogP contribution in [0.2, 0.25) is 0 Å². The molecule has 0 radical (unpaired) electrons. The zero-order valence-electron chi connectivity index (χ0n) is 17.5. The number of ether oxygens (including phenoxy) is 1. The highest BCUT2D eigenvalue weighted by molar-refractivity contribution is 7.90. The quantitative estimate of drug-likeness (QED) is 0.450. The molecule has 6 nitrogen and oxygen atoms in total. The third-order valence-corrected chi connectivity index (χ3v) is 6.52. The second-order valence-corrected chi connectivity index (χ2v) is 9.56. The van der Waals surface area contributed by atoms with Crippen molar-refractivity contribution in [3.05, 3.63) is 82.9 Å². The van der Waals surface area contributed by atoms with E-state index in [1.807, 2.05) is 26.0 Å². The molecule has 4 aromatic rings. The third kappa shape index (κ3) is 4.29. The lowest BCUT2D eigenvalue weighted by Gasteiger charge is -2.12. The average Bonchev–Trinajstić information content (AvgIpc) is 2.98. The fraction of sp³-hybridized carbons (Fsp3) is 0.217. The molecule has 0 saturated heterocycles. The fourth-order valence-corrected chi connectivity index (χ4v) is 4.15. The van der Waals surface area contributed by atoms with Crippen molar-refractivity contribution in [3.8, 4) is 5.88 Å². The molecule has 0 unspecified atom stereocenters. The lowest BCUT2D eigenvalue weighted by atomic mass is 10.2. The molecule has 0 spiro atoms. The number of aryl methyl sites for hydroxylation is 1. The maximum absolute atomic E-state index is 13.2. The second-order valence-electron chi connectivity index (χ2n) is 7.54. The fourth-order valence-electron chi connectivity index (χ4n) is 3.51. The van der Waals surface area contributed by atoms with E-state index in [1.54, 1.807) is 30.5 Å². The zero-order valence-corrected chi connectivity index (χ0v) is 18.3. The summed E-state index contributed by atoms with van der Waals surface area (Å²) in [5.74, 6) is 0.0958. The van der Waals surface area contributed by atoms with Gasteiger partial charge < -0.3 is 9.30 Å². The average molecular weight is 440 g/mol. The van der Waals surface area contributed by atoms with Crippen molar-refractivity contribution in [2.45, 2.75) is 31.9 Å². The number of aromatic nitrogens is 3. The standard InChI is InChI=1S/C23H22FN3O3S/c1-15-16(2)27(13-17-6-10-20(11-7-17)31(3,28)29)22-21(15)12-25-26-23(22)30-14-18-4-8-19(24)9-5-18/h4-12H,13-14H2,1-3H3. The molecule has 31 heavy (non-hydrogen) atoms. The van der Waals surface area contributed by atoms with Gasteiger partial charge >= 0.3 is 0 Å². The van der Waals surface area contributed by atoms with Crippen LogP contribution in [0.5, 0.6) is 5.88 Å². The van der Waals surface area contributed by atoms with Crippen LogP contribution in [-0.2, 0) is 23.0 Å². The van der Waals surface area contributed by atoms with Gasteiger partial charge in [0.25, 0.3) is 5.88 Å². The van der Waals surface area contributed by atoms with E-state index in [0.29, 0.717) is 12.4 Å². The van der Waals surface area contributed by atoms with Crippen LogP contribution in [0.4, 0.5) is 4.39 Å². The molecule has 0 amide bonds.